The third kappa shape index (κ3) is 6.99. The first-order chi connectivity index (χ1) is 18.8. The molecule has 206 valence electrons. The molecule has 0 radical (unpaired) electrons. The van der Waals surface area contributed by atoms with Crippen molar-refractivity contribution in [2.24, 2.45) is 0 Å². The third-order valence-electron chi connectivity index (χ3n) is 7.22. The second kappa shape index (κ2) is 13.4. The number of nitrogens with zero attached hydrogens (tertiary/aromatic N) is 2. The van der Waals surface area contributed by atoms with E-state index in [2.05, 4.69) is 29.6 Å². The van der Waals surface area contributed by atoms with Gasteiger partial charge in [-0.25, -0.2) is 0 Å². The number of rotatable bonds is 13. The lowest BCUT2D eigenvalue weighted by molar-refractivity contribution is -0.116. The maximum atomic E-state index is 13.3. The van der Waals surface area contributed by atoms with Crippen LogP contribution in [0.3, 0.4) is 0 Å². The summed E-state index contributed by atoms with van der Waals surface area (Å²) in [5.41, 5.74) is 3.94. The van der Waals surface area contributed by atoms with Crippen molar-refractivity contribution in [1.29, 1.82) is 0 Å². The Hall–Kier alpha value is -2.93. The van der Waals surface area contributed by atoms with Gasteiger partial charge in [-0.05, 0) is 80.4 Å². The summed E-state index contributed by atoms with van der Waals surface area (Å²) in [6.45, 7) is 0.876. The molecule has 0 fully saturated rings. The largest absolute Gasteiger partial charge is 0.326 e. The van der Waals surface area contributed by atoms with Crippen LogP contribution in [-0.2, 0) is 11.2 Å². The van der Waals surface area contributed by atoms with Crippen LogP contribution in [0.15, 0.2) is 54.6 Å². The van der Waals surface area contributed by atoms with Crippen molar-refractivity contribution >= 4 is 57.4 Å². The molecular weight excluding hydrogens is 533 g/mol. The van der Waals surface area contributed by atoms with Crippen molar-refractivity contribution in [2.45, 2.75) is 38.0 Å². The molecule has 4 rings (SSSR count). The first kappa shape index (κ1) is 29.1. The van der Waals surface area contributed by atoms with Crippen LogP contribution in [0.2, 0.25) is 0 Å². The summed E-state index contributed by atoms with van der Waals surface area (Å²) in [6.07, 6.45) is 3.66. The SMILES string of the molecule is CN(C)CCN1C(=O)c2cccc3cc(NC(=O)CCCc4ccc(C(CCCl)CCCl)cc4)cc(c23)C1=O. The number of carbonyl (C=O) groups excluding carboxylic acids is 3. The molecule has 0 bridgehead atoms. The fraction of sp³-hybridized carbons (Fsp3) is 0.387. The van der Waals surface area contributed by atoms with Gasteiger partial charge in [-0.15, -0.1) is 23.2 Å². The second-order valence-corrected chi connectivity index (χ2v) is 11.0. The van der Waals surface area contributed by atoms with Crippen molar-refractivity contribution in [1.82, 2.24) is 9.80 Å². The summed E-state index contributed by atoms with van der Waals surface area (Å²) in [5, 5.41) is 4.37. The van der Waals surface area contributed by atoms with E-state index in [9.17, 15) is 14.4 Å². The van der Waals surface area contributed by atoms with Crippen LogP contribution in [0.4, 0.5) is 5.69 Å². The fourth-order valence-corrected chi connectivity index (χ4v) is 5.63. The Balaban J connectivity index is 1.40. The Labute approximate surface area is 240 Å². The molecule has 0 saturated carbocycles. The van der Waals surface area contributed by atoms with E-state index < -0.39 is 0 Å². The molecule has 8 heteroatoms. The van der Waals surface area contributed by atoms with E-state index in [1.807, 2.05) is 37.2 Å². The highest BCUT2D eigenvalue weighted by Crippen LogP contribution is 2.33. The Bertz CT molecular complexity index is 1330. The number of imide groups is 1. The molecular formula is C31H35Cl2N3O3. The molecule has 1 aliphatic heterocycles. The highest BCUT2D eigenvalue weighted by atomic mass is 35.5. The van der Waals surface area contributed by atoms with E-state index in [0.717, 1.165) is 24.6 Å². The van der Waals surface area contributed by atoms with Crippen molar-refractivity contribution < 1.29 is 14.4 Å². The Morgan fingerprint density at radius 3 is 2.31 bits per heavy atom. The number of hydrogen-bond acceptors (Lipinski definition) is 4. The van der Waals surface area contributed by atoms with Crippen LogP contribution in [0.5, 0.6) is 0 Å². The lowest BCUT2D eigenvalue weighted by Crippen LogP contribution is -2.43. The predicted molar refractivity (Wildman–Crippen MR) is 159 cm³/mol. The number of alkyl halides is 2. The normalized spacial score (nSPS) is 13.1. The molecule has 0 spiro atoms. The van der Waals surface area contributed by atoms with Crippen LogP contribution < -0.4 is 5.32 Å². The number of anilines is 1. The molecule has 6 nitrogen and oxygen atoms in total. The maximum Gasteiger partial charge on any atom is 0.261 e. The quantitative estimate of drug-likeness (QED) is 0.194. The van der Waals surface area contributed by atoms with Crippen LogP contribution in [-0.4, -0.2) is 66.5 Å². The van der Waals surface area contributed by atoms with E-state index in [0.29, 0.717) is 65.8 Å². The topological polar surface area (TPSA) is 69.7 Å². The van der Waals surface area contributed by atoms with Crippen LogP contribution in [0.25, 0.3) is 10.8 Å². The first-order valence-electron chi connectivity index (χ1n) is 13.4. The summed E-state index contributed by atoms with van der Waals surface area (Å²) in [4.78, 5) is 42.3. The standard InChI is InChI=1S/C31H35Cl2N3O3/c1-35(2)17-18-36-30(38)26-7-4-6-24-19-25(20-27(29(24)26)31(36)39)34-28(37)8-3-5-21-9-11-22(12-10-21)23(13-15-32)14-16-33/h4,6-7,9-12,19-20,23H,3,5,8,13-18H2,1-2H3,(H,34,37). The number of likely N-dealkylation sites (N-methyl/N-ethyl adjacent to an activating group) is 1. The minimum atomic E-state index is -0.329. The number of nitrogens with one attached hydrogen (secondary N) is 1. The molecule has 1 heterocycles. The fourth-order valence-electron chi connectivity index (χ4n) is 5.11. The summed E-state index contributed by atoms with van der Waals surface area (Å²) in [7, 11) is 3.80. The molecule has 1 aliphatic rings. The lowest BCUT2D eigenvalue weighted by atomic mass is 9.92. The van der Waals surface area contributed by atoms with E-state index in [4.69, 9.17) is 23.2 Å². The van der Waals surface area contributed by atoms with Crippen molar-refractivity contribution in [3.63, 3.8) is 0 Å². The van der Waals surface area contributed by atoms with Gasteiger partial charge < -0.3 is 10.2 Å². The highest BCUT2D eigenvalue weighted by molar-refractivity contribution is 6.26. The third-order valence-corrected chi connectivity index (χ3v) is 7.65. The summed E-state index contributed by atoms with van der Waals surface area (Å²) >= 11 is 11.9. The first-order valence-corrected chi connectivity index (χ1v) is 14.5. The molecule has 0 saturated heterocycles. The minimum absolute atomic E-state index is 0.109. The molecule has 3 aromatic rings. The Morgan fingerprint density at radius 1 is 0.949 bits per heavy atom. The molecule has 39 heavy (non-hydrogen) atoms. The van der Waals surface area contributed by atoms with Crippen LogP contribution >= 0.6 is 23.2 Å². The van der Waals surface area contributed by atoms with Gasteiger partial charge in [0.15, 0.2) is 0 Å². The number of halogens is 2. The maximum absolute atomic E-state index is 13.3. The van der Waals surface area contributed by atoms with Gasteiger partial charge in [0.2, 0.25) is 5.91 Å². The monoisotopic (exact) mass is 567 g/mol. The smallest absolute Gasteiger partial charge is 0.261 e. The van der Waals surface area contributed by atoms with E-state index >= 15 is 0 Å². The number of aryl methyl sites for hydroxylation is 1. The second-order valence-electron chi connectivity index (χ2n) is 10.3. The average molecular weight is 569 g/mol. The molecule has 0 aromatic heterocycles. The molecule has 3 aromatic carbocycles. The van der Waals surface area contributed by atoms with Crippen molar-refractivity contribution in [2.75, 3.05) is 44.3 Å². The lowest BCUT2D eigenvalue weighted by Gasteiger charge is -2.28. The molecule has 0 unspecified atom stereocenters. The van der Waals surface area contributed by atoms with Crippen molar-refractivity contribution in [3.05, 3.63) is 76.9 Å². The highest BCUT2D eigenvalue weighted by Gasteiger charge is 2.33. The molecule has 0 aliphatic carbocycles. The molecule has 3 amide bonds. The van der Waals surface area contributed by atoms with Gasteiger partial charge in [0.05, 0.1) is 5.56 Å². The zero-order chi connectivity index (χ0) is 27.9. The number of benzene rings is 3. The molecule has 1 N–H and O–H groups in total. The van der Waals surface area contributed by atoms with Gasteiger partial charge >= 0.3 is 0 Å². The predicted octanol–water partition coefficient (Wildman–Crippen LogP) is 6.30. The van der Waals surface area contributed by atoms with Gasteiger partial charge in [-0.1, -0.05) is 36.4 Å². The Kier molecular flexibility index (Phi) is 10.0. The van der Waals surface area contributed by atoms with Gasteiger partial charge in [-0.2, -0.15) is 0 Å². The molecule has 0 atom stereocenters. The summed E-state index contributed by atoms with van der Waals surface area (Å²) < 4.78 is 0. The van der Waals surface area contributed by atoms with E-state index in [-0.39, 0.29) is 17.7 Å². The van der Waals surface area contributed by atoms with Gasteiger partial charge in [-0.3, -0.25) is 19.3 Å². The number of carbonyl (C=O) groups is 3. The number of amides is 3. The zero-order valence-electron chi connectivity index (χ0n) is 22.5. The van der Waals surface area contributed by atoms with Crippen LogP contribution in [0.1, 0.15) is 63.4 Å². The minimum Gasteiger partial charge on any atom is -0.326 e. The van der Waals surface area contributed by atoms with Crippen LogP contribution in [0, 0.1) is 0 Å². The number of hydrogen-bond donors (Lipinski definition) is 1. The van der Waals surface area contributed by atoms with Crippen molar-refractivity contribution in [3.8, 4) is 0 Å². The zero-order valence-corrected chi connectivity index (χ0v) is 24.0. The van der Waals surface area contributed by atoms with Gasteiger partial charge in [0.25, 0.3) is 11.8 Å². The van der Waals surface area contributed by atoms with Gasteiger partial charge in [0.1, 0.15) is 0 Å². The average Bonchev–Trinajstić information content (AvgIpc) is 2.91. The van der Waals surface area contributed by atoms with E-state index in [1.54, 1.807) is 12.1 Å². The summed E-state index contributed by atoms with van der Waals surface area (Å²) in [5.74, 6) is 0.872. The van der Waals surface area contributed by atoms with E-state index in [1.165, 1.54) is 16.0 Å². The summed E-state index contributed by atoms with van der Waals surface area (Å²) in [6, 6.07) is 17.4. The Morgan fingerprint density at radius 2 is 1.64 bits per heavy atom. The van der Waals surface area contributed by atoms with Gasteiger partial charge in [0, 0.05) is 47.9 Å².